The van der Waals surface area contributed by atoms with Gasteiger partial charge in [-0.05, 0) is 60.5 Å². The van der Waals surface area contributed by atoms with E-state index < -0.39 is 0 Å². The van der Waals surface area contributed by atoms with E-state index in [9.17, 15) is 14.0 Å². The van der Waals surface area contributed by atoms with Gasteiger partial charge in [0.2, 0.25) is 0 Å². The summed E-state index contributed by atoms with van der Waals surface area (Å²) in [5.41, 5.74) is 2.17. The van der Waals surface area contributed by atoms with Crippen LogP contribution in [-0.4, -0.2) is 25.0 Å². The quantitative estimate of drug-likeness (QED) is 0.613. The lowest BCUT2D eigenvalue weighted by atomic mass is 10.1. The Morgan fingerprint density at radius 2 is 1.55 bits per heavy atom. The first kappa shape index (κ1) is 20.1. The maximum atomic E-state index is 12.9. The molecule has 2 N–H and O–H groups in total. The molecule has 0 atom stereocenters. The van der Waals surface area contributed by atoms with Gasteiger partial charge < -0.3 is 15.4 Å². The zero-order valence-electron chi connectivity index (χ0n) is 15.7. The maximum absolute atomic E-state index is 12.9. The molecule has 0 aliphatic carbocycles. The van der Waals surface area contributed by atoms with E-state index in [0.29, 0.717) is 23.5 Å². The van der Waals surface area contributed by atoms with Crippen molar-refractivity contribution in [2.45, 2.75) is 6.42 Å². The van der Waals surface area contributed by atoms with Crippen LogP contribution >= 0.6 is 0 Å². The Labute approximate surface area is 168 Å². The number of anilines is 1. The third-order valence-corrected chi connectivity index (χ3v) is 4.16. The lowest BCUT2D eigenvalue weighted by Crippen LogP contribution is -2.25. The second-order valence-electron chi connectivity index (χ2n) is 6.36. The van der Waals surface area contributed by atoms with Crippen LogP contribution in [0.25, 0.3) is 0 Å². The fourth-order valence-corrected chi connectivity index (χ4v) is 2.65. The van der Waals surface area contributed by atoms with Crippen LogP contribution in [0.2, 0.25) is 0 Å². The molecule has 148 valence electrons. The van der Waals surface area contributed by atoms with E-state index in [1.807, 2.05) is 30.3 Å². The number of ether oxygens (including phenoxy) is 1. The minimum Gasteiger partial charge on any atom is -0.484 e. The fourth-order valence-electron chi connectivity index (χ4n) is 2.65. The van der Waals surface area contributed by atoms with Gasteiger partial charge in [-0.3, -0.25) is 9.59 Å². The molecule has 0 saturated carbocycles. The normalized spacial score (nSPS) is 10.2. The van der Waals surface area contributed by atoms with Crippen LogP contribution in [0.15, 0.2) is 78.9 Å². The Morgan fingerprint density at radius 1 is 0.862 bits per heavy atom. The average molecular weight is 392 g/mol. The molecule has 3 aromatic rings. The summed E-state index contributed by atoms with van der Waals surface area (Å²) in [5, 5.41) is 5.49. The molecule has 0 radical (unpaired) electrons. The maximum Gasteiger partial charge on any atom is 0.262 e. The van der Waals surface area contributed by atoms with Crippen molar-refractivity contribution in [3.63, 3.8) is 0 Å². The van der Waals surface area contributed by atoms with E-state index >= 15 is 0 Å². The number of halogens is 1. The highest BCUT2D eigenvalue weighted by Gasteiger charge is 2.07. The van der Waals surface area contributed by atoms with Gasteiger partial charge in [0.1, 0.15) is 11.6 Å². The van der Waals surface area contributed by atoms with Crippen molar-refractivity contribution in [2.24, 2.45) is 0 Å². The molecule has 0 aliphatic heterocycles. The summed E-state index contributed by atoms with van der Waals surface area (Å²) in [7, 11) is 0. The molecule has 0 aromatic heterocycles. The van der Waals surface area contributed by atoms with E-state index in [0.717, 1.165) is 12.0 Å². The highest BCUT2D eigenvalue weighted by Crippen LogP contribution is 2.13. The number of rotatable bonds is 8. The third-order valence-electron chi connectivity index (χ3n) is 4.16. The molecule has 5 nitrogen and oxygen atoms in total. The molecular weight excluding hydrogens is 371 g/mol. The Hall–Kier alpha value is -3.67. The lowest BCUT2D eigenvalue weighted by molar-refractivity contribution is -0.118. The smallest absolute Gasteiger partial charge is 0.262 e. The van der Waals surface area contributed by atoms with Gasteiger partial charge in [-0.15, -0.1) is 0 Å². The molecule has 0 bridgehead atoms. The average Bonchev–Trinajstić information content (AvgIpc) is 2.75. The summed E-state index contributed by atoms with van der Waals surface area (Å²) >= 11 is 0. The molecule has 29 heavy (non-hydrogen) atoms. The minimum absolute atomic E-state index is 0.165. The number of hydrogen-bond donors (Lipinski definition) is 2. The van der Waals surface area contributed by atoms with Crippen LogP contribution in [0, 0.1) is 5.82 Å². The molecule has 0 spiro atoms. The molecule has 0 aliphatic rings. The number of carbonyl (C=O) groups is 2. The van der Waals surface area contributed by atoms with Crippen molar-refractivity contribution in [3.8, 4) is 5.75 Å². The number of benzene rings is 3. The Morgan fingerprint density at radius 3 is 2.24 bits per heavy atom. The van der Waals surface area contributed by atoms with Gasteiger partial charge in [0, 0.05) is 17.8 Å². The van der Waals surface area contributed by atoms with Gasteiger partial charge in [0.25, 0.3) is 11.8 Å². The van der Waals surface area contributed by atoms with E-state index in [1.165, 1.54) is 24.3 Å². The van der Waals surface area contributed by atoms with Crippen molar-refractivity contribution in [3.05, 3.63) is 95.8 Å². The van der Waals surface area contributed by atoms with Gasteiger partial charge in [-0.1, -0.05) is 30.3 Å². The topological polar surface area (TPSA) is 67.4 Å². The molecule has 0 saturated heterocycles. The van der Waals surface area contributed by atoms with E-state index in [2.05, 4.69) is 10.6 Å². The lowest BCUT2D eigenvalue weighted by Gasteiger charge is -2.09. The van der Waals surface area contributed by atoms with E-state index in [4.69, 9.17) is 4.74 Å². The Balaban J connectivity index is 1.42. The van der Waals surface area contributed by atoms with Crippen LogP contribution in [0.3, 0.4) is 0 Å². The van der Waals surface area contributed by atoms with E-state index in [-0.39, 0.29) is 24.2 Å². The SMILES string of the molecule is O=C(COc1ccc(C(=O)NCCc2ccccc2)cc1)Nc1ccc(F)cc1. The van der Waals surface area contributed by atoms with Crippen molar-refractivity contribution in [1.29, 1.82) is 0 Å². The Bertz CT molecular complexity index is 942. The summed E-state index contributed by atoms with van der Waals surface area (Å²) in [5.74, 6) is -0.426. The summed E-state index contributed by atoms with van der Waals surface area (Å²) < 4.78 is 18.3. The first-order valence-corrected chi connectivity index (χ1v) is 9.20. The standard InChI is InChI=1S/C23H21FN2O3/c24-19-8-10-20(11-9-19)26-22(27)16-29-21-12-6-18(7-13-21)23(28)25-15-14-17-4-2-1-3-5-17/h1-13H,14-16H2,(H,25,28)(H,26,27). The third kappa shape index (κ3) is 6.46. The molecule has 6 heteroatoms. The molecule has 0 unspecified atom stereocenters. The second kappa shape index (κ2) is 10.0. The number of nitrogens with one attached hydrogen (secondary N) is 2. The van der Waals surface area contributed by atoms with Crippen molar-refractivity contribution >= 4 is 17.5 Å². The van der Waals surface area contributed by atoms with Crippen molar-refractivity contribution in [2.75, 3.05) is 18.5 Å². The Kier molecular flexibility index (Phi) is 6.95. The summed E-state index contributed by atoms with van der Waals surface area (Å²) in [6.45, 7) is 0.352. The zero-order valence-corrected chi connectivity index (χ0v) is 15.7. The van der Waals surface area contributed by atoms with Gasteiger partial charge >= 0.3 is 0 Å². The molecular formula is C23H21FN2O3. The highest BCUT2D eigenvalue weighted by molar-refractivity contribution is 5.94. The largest absolute Gasteiger partial charge is 0.484 e. The van der Waals surface area contributed by atoms with E-state index in [1.54, 1.807) is 24.3 Å². The van der Waals surface area contributed by atoms with Crippen LogP contribution in [0.1, 0.15) is 15.9 Å². The zero-order chi connectivity index (χ0) is 20.5. The van der Waals surface area contributed by atoms with Crippen molar-refractivity contribution in [1.82, 2.24) is 5.32 Å². The highest BCUT2D eigenvalue weighted by atomic mass is 19.1. The molecule has 3 rings (SSSR count). The van der Waals surface area contributed by atoms with Gasteiger partial charge in [0.05, 0.1) is 0 Å². The molecule has 0 heterocycles. The monoisotopic (exact) mass is 392 g/mol. The van der Waals surface area contributed by atoms with Crippen LogP contribution in [-0.2, 0) is 11.2 Å². The van der Waals surface area contributed by atoms with Crippen LogP contribution < -0.4 is 15.4 Å². The fraction of sp³-hybridized carbons (Fsp3) is 0.130. The molecule has 0 fully saturated rings. The van der Waals surface area contributed by atoms with Crippen molar-refractivity contribution < 1.29 is 18.7 Å². The molecule has 3 aromatic carbocycles. The summed E-state index contributed by atoms with van der Waals surface area (Å²) in [6, 6.07) is 22.0. The summed E-state index contributed by atoms with van der Waals surface area (Å²) in [4.78, 5) is 24.1. The number of carbonyl (C=O) groups excluding carboxylic acids is 2. The van der Waals surface area contributed by atoms with Crippen LogP contribution in [0.5, 0.6) is 5.75 Å². The second-order valence-corrected chi connectivity index (χ2v) is 6.36. The van der Waals surface area contributed by atoms with Crippen LogP contribution in [0.4, 0.5) is 10.1 Å². The van der Waals surface area contributed by atoms with Gasteiger partial charge in [-0.2, -0.15) is 0 Å². The number of amides is 2. The predicted octanol–water partition coefficient (Wildman–Crippen LogP) is 3.82. The minimum atomic E-state index is -0.372. The molecule has 2 amide bonds. The number of hydrogen-bond acceptors (Lipinski definition) is 3. The van der Waals surface area contributed by atoms with Gasteiger partial charge in [-0.25, -0.2) is 4.39 Å². The summed E-state index contributed by atoms with van der Waals surface area (Å²) in [6.07, 6.45) is 0.761. The predicted molar refractivity (Wildman–Crippen MR) is 109 cm³/mol. The first-order chi connectivity index (χ1) is 14.1. The first-order valence-electron chi connectivity index (χ1n) is 9.20. The van der Waals surface area contributed by atoms with Gasteiger partial charge in [0.15, 0.2) is 6.61 Å².